The first-order chi connectivity index (χ1) is 17.7. The molecule has 0 saturated heterocycles. The Morgan fingerprint density at radius 1 is 0.737 bits per heavy atom. The van der Waals surface area contributed by atoms with Crippen LogP contribution >= 0.6 is 0 Å². The van der Waals surface area contributed by atoms with E-state index in [2.05, 4.69) is 10.6 Å². The Morgan fingerprint density at radius 2 is 1.26 bits per heavy atom. The summed E-state index contributed by atoms with van der Waals surface area (Å²) in [5, 5.41) is 5.19. The maximum Gasteiger partial charge on any atom is 0.408 e. The number of carbonyl (C=O) groups is 4. The fraction of sp³-hybridized carbons (Fsp3) is 0.448. The van der Waals surface area contributed by atoms with Gasteiger partial charge in [-0.2, -0.15) is 0 Å². The third-order valence-electron chi connectivity index (χ3n) is 4.94. The lowest BCUT2D eigenvalue weighted by Gasteiger charge is -2.26. The van der Waals surface area contributed by atoms with Crippen LogP contribution in [0.2, 0.25) is 0 Å². The van der Waals surface area contributed by atoms with Gasteiger partial charge in [-0.05, 0) is 59.1 Å². The Hall–Kier alpha value is -3.88. The molecule has 0 aliphatic carbocycles. The smallest absolute Gasteiger partial charge is 0.408 e. The molecule has 38 heavy (non-hydrogen) atoms. The highest BCUT2D eigenvalue weighted by Crippen LogP contribution is 2.19. The molecule has 2 amide bonds. The Morgan fingerprint density at radius 3 is 1.82 bits per heavy atom. The van der Waals surface area contributed by atoms with Gasteiger partial charge < -0.3 is 24.8 Å². The van der Waals surface area contributed by atoms with E-state index >= 15 is 0 Å². The first kappa shape index (κ1) is 30.3. The van der Waals surface area contributed by atoms with Crippen LogP contribution in [0.3, 0.4) is 0 Å². The van der Waals surface area contributed by atoms with E-state index in [-0.39, 0.29) is 19.4 Å². The minimum atomic E-state index is -1.14. The molecule has 2 N–H and O–H groups in total. The number of amides is 2. The van der Waals surface area contributed by atoms with Gasteiger partial charge in [0.15, 0.2) is 6.04 Å². The second-order valence-electron chi connectivity index (χ2n) is 10.8. The Balaban J connectivity index is 2.07. The third-order valence-corrected chi connectivity index (χ3v) is 4.94. The number of carbonyl (C=O) groups excluding carboxylic acids is 4. The van der Waals surface area contributed by atoms with E-state index in [0.29, 0.717) is 5.56 Å². The van der Waals surface area contributed by atoms with E-state index in [1.807, 2.05) is 18.2 Å². The average Bonchev–Trinajstić information content (AvgIpc) is 2.82. The zero-order valence-electron chi connectivity index (χ0n) is 22.9. The summed E-state index contributed by atoms with van der Waals surface area (Å²) in [6.07, 6.45) is -1.06. The van der Waals surface area contributed by atoms with Gasteiger partial charge in [-0.3, -0.25) is 4.79 Å². The first-order valence-corrected chi connectivity index (χ1v) is 12.5. The minimum absolute atomic E-state index is 0.0167. The number of esters is 2. The predicted molar refractivity (Wildman–Crippen MR) is 142 cm³/mol. The molecule has 2 atom stereocenters. The van der Waals surface area contributed by atoms with Crippen molar-refractivity contribution in [2.45, 2.75) is 84.3 Å². The topological polar surface area (TPSA) is 120 Å². The van der Waals surface area contributed by atoms with Crippen LogP contribution in [-0.2, 0) is 35.2 Å². The molecule has 0 aliphatic rings. The zero-order chi connectivity index (χ0) is 28.3. The van der Waals surface area contributed by atoms with Crippen LogP contribution in [0.4, 0.5) is 4.79 Å². The molecule has 0 spiro atoms. The van der Waals surface area contributed by atoms with Gasteiger partial charge in [0.25, 0.3) is 0 Å². The molecule has 2 aromatic rings. The lowest BCUT2D eigenvalue weighted by molar-refractivity contribution is -0.160. The summed E-state index contributed by atoms with van der Waals surface area (Å²) in [5.74, 6) is -1.81. The molecule has 0 heterocycles. The average molecular weight is 527 g/mol. The second kappa shape index (κ2) is 13.6. The maximum atomic E-state index is 12.9. The summed E-state index contributed by atoms with van der Waals surface area (Å²) in [4.78, 5) is 51.0. The van der Waals surface area contributed by atoms with Crippen LogP contribution in [0.5, 0.6) is 0 Å². The molecule has 0 bridgehead atoms. The monoisotopic (exact) mass is 526 g/mol. The Kier molecular flexibility index (Phi) is 10.9. The van der Waals surface area contributed by atoms with E-state index in [1.165, 1.54) is 0 Å². The SMILES string of the molecule is CC(C)(C)OC(=O)[C@H](CCC(=O)N[C@H](C(=O)OC(C)(C)C)c1ccccc1)NC(=O)OCc1ccccc1. The van der Waals surface area contributed by atoms with Crippen LogP contribution in [0.15, 0.2) is 60.7 Å². The largest absolute Gasteiger partial charge is 0.458 e. The Bertz CT molecular complexity index is 1070. The quantitative estimate of drug-likeness (QED) is 0.343. The van der Waals surface area contributed by atoms with Crippen molar-refractivity contribution in [2.24, 2.45) is 0 Å². The van der Waals surface area contributed by atoms with Crippen molar-refractivity contribution in [1.29, 1.82) is 0 Å². The summed E-state index contributed by atoms with van der Waals surface area (Å²) in [6.45, 7) is 10.3. The molecule has 2 rings (SSSR count). The van der Waals surface area contributed by atoms with E-state index in [1.54, 1.807) is 84.0 Å². The molecule has 0 aromatic heterocycles. The zero-order valence-corrected chi connectivity index (χ0v) is 22.9. The predicted octanol–water partition coefficient (Wildman–Crippen LogP) is 4.60. The lowest BCUT2D eigenvalue weighted by atomic mass is 10.1. The van der Waals surface area contributed by atoms with Gasteiger partial charge in [-0.15, -0.1) is 0 Å². The highest BCUT2D eigenvalue weighted by Gasteiger charge is 2.30. The van der Waals surface area contributed by atoms with E-state index in [4.69, 9.17) is 14.2 Å². The maximum absolute atomic E-state index is 12.9. The fourth-order valence-corrected chi connectivity index (χ4v) is 3.32. The van der Waals surface area contributed by atoms with Crippen molar-refractivity contribution in [1.82, 2.24) is 10.6 Å². The minimum Gasteiger partial charge on any atom is -0.458 e. The van der Waals surface area contributed by atoms with Crippen molar-refractivity contribution >= 4 is 23.9 Å². The summed E-state index contributed by atoms with van der Waals surface area (Å²) < 4.78 is 16.1. The van der Waals surface area contributed by atoms with Gasteiger partial charge in [-0.1, -0.05) is 60.7 Å². The highest BCUT2D eigenvalue weighted by molar-refractivity contribution is 5.87. The van der Waals surface area contributed by atoms with Crippen LogP contribution in [-0.4, -0.2) is 41.2 Å². The van der Waals surface area contributed by atoms with Crippen LogP contribution in [0.1, 0.15) is 71.6 Å². The highest BCUT2D eigenvalue weighted by atomic mass is 16.6. The molecule has 0 saturated carbocycles. The fourth-order valence-electron chi connectivity index (χ4n) is 3.32. The second-order valence-corrected chi connectivity index (χ2v) is 10.8. The molecule has 9 nitrogen and oxygen atoms in total. The van der Waals surface area contributed by atoms with Crippen molar-refractivity contribution in [3.05, 3.63) is 71.8 Å². The molecule has 0 fully saturated rings. The number of alkyl carbamates (subject to hydrolysis) is 1. The standard InChI is InChI=1S/C29H38N2O7/c1-28(2,3)37-25(33)22(30-27(35)36-19-20-13-9-7-10-14-20)17-18-23(32)31-24(21-15-11-8-12-16-21)26(34)38-29(4,5)6/h7-16,22,24H,17-19H2,1-6H3,(H,30,35)(H,31,32)/t22-,24-/m0/s1. The van der Waals surface area contributed by atoms with Crippen molar-refractivity contribution in [3.63, 3.8) is 0 Å². The van der Waals surface area contributed by atoms with E-state index in [9.17, 15) is 19.2 Å². The van der Waals surface area contributed by atoms with Gasteiger partial charge >= 0.3 is 18.0 Å². The lowest BCUT2D eigenvalue weighted by Crippen LogP contribution is -2.45. The van der Waals surface area contributed by atoms with Crippen LogP contribution in [0.25, 0.3) is 0 Å². The normalized spacial score (nSPS) is 13.0. The van der Waals surface area contributed by atoms with Crippen molar-refractivity contribution in [3.8, 4) is 0 Å². The molecule has 0 unspecified atom stereocenters. The number of benzene rings is 2. The summed E-state index contributed by atoms with van der Waals surface area (Å²) >= 11 is 0. The van der Waals surface area contributed by atoms with Gasteiger partial charge in [0.2, 0.25) is 5.91 Å². The molecule has 0 aliphatic heterocycles. The molecule has 0 radical (unpaired) electrons. The number of ether oxygens (including phenoxy) is 3. The van der Waals surface area contributed by atoms with E-state index < -0.39 is 47.2 Å². The summed E-state index contributed by atoms with van der Waals surface area (Å²) in [5.41, 5.74) is -0.213. The number of hydrogen-bond donors (Lipinski definition) is 2. The third kappa shape index (κ3) is 11.5. The molecule has 206 valence electrons. The van der Waals surface area contributed by atoms with Gasteiger partial charge in [0, 0.05) is 6.42 Å². The molecular formula is C29H38N2O7. The summed E-state index contributed by atoms with van der Waals surface area (Å²) in [6, 6.07) is 15.6. The van der Waals surface area contributed by atoms with Crippen molar-refractivity contribution in [2.75, 3.05) is 0 Å². The van der Waals surface area contributed by atoms with E-state index in [0.717, 1.165) is 5.56 Å². The number of nitrogens with one attached hydrogen (secondary N) is 2. The Labute approximate surface area is 224 Å². The van der Waals surface area contributed by atoms with Gasteiger partial charge in [-0.25, -0.2) is 14.4 Å². The van der Waals surface area contributed by atoms with Crippen LogP contribution < -0.4 is 10.6 Å². The first-order valence-electron chi connectivity index (χ1n) is 12.5. The van der Waals surface area contributed by atoms with Crippen LogP contribution in [0, 0.1) is 0 Å². The number of hydrogen-bond acceptors (Lipinski definition) is 7. The van der Waals surface area contributed by atoms with Gasteiger partial charge in [0.05, 0.1) is 0 Å². The number of rotatable bonds is 10. The molecular weight excluding hydrogens is 488 g/mol. The van der Waals surface area contributed by atoms with Gasteiger partial charge in [0.1, 0.15) is 23.9 Å². The van der Waals surface area contributed by atoms with Crippen molar-refractivity contribution < 1.29 is 33.4 Å². The molecule has 2 aromatic carbocycles. The summed E-state index contributed by atoms with van der Waals surface area (Å²) in [7, 11) is 0. The molecule has 9 heteroatoms.